The van der Waals surface area contributed by atoms with Crippen LogP contribution >= 0.6 is 47.8 Å². The Kier molecular flexibility index (Phi) is 4.56. The molecule has 0 saturated heterocycles. The number of aryl methyl sites for hydroxylation is 1. The number of benzene rings is 1. The van der Waals surface area contributed by atoms with E-state index in [2.05, 4.69) is 53.9 Å². The van der Waals surface area contributed by atoms with Crippen molar-refractivity contribution in [3.8, 4) is 5.75 Å². The number of alkyl halides is 1. The lowest BCUT2D eigenvalue weighted by molar-refractivity contribution is 0.410. The molecule has 5 heteroatoms. The third-order valence-electron chi connectivity index (χ3n) is 2.70. The van der Waals surface area contributed by atoms with Crippen molar-refractivity contribution < 1.29 is 9.15 Å². The van der Waals surface area contributed by atoms with Gasteiger partial charge in [0.25, 0.3) is 0 Å². The van der Waals surface area contributed by atoms with Gasteiger partial charge in [0, 0.05) is 15.6 Å². The van der Waals surface area contributed by atoms with Crippen LogP contribution in [-0.4, -0.2) is 7.11 Å². The Morgan fingerprint density at radius 1 is 1.22 bits per heavy atom. The predicted octanol–water partition coefficient (Wildman–Crippen LogP) is 5.61. The first-order valence-electron chi connectivity index (χ1n) is 5.25. The summed E-state index contributed by atoms with van der Waals surface area (Å²) >= 11 is 10.6. The first-order valence-corrected chi connectivity index (χ1v) is 7.75. The largest absolute Gasteiger partial charge is 0.496 e. The highest BCUT2D eigenvalue weighted by atomic mass is 79.9. The smallest absolute Gasteiger partial charge is 0.173 e. The summed E-state index contributed by atoms with van der Waals surface area (Å²) in [7, 11) is 1.68. The summed E-state index contributed by atoms with van der Waals surface area (Å²) < 4.78 is 12.5. The average Bonchev–Trinajstić information content (AvgIpc) is 2.77. The van der Waals surface area contributed by atoms with Crippen LogP contribution in [0.15, 0.2) is 38.0 Å². The summed E-state index contributed by atoms with van der Waals surface area (Å²) in [5.74, 6) is 0.852. The molecule has 1 aromatic carbocycles. The zero-order chi connectivity index (χ0) is 13.3. The molecule has 1 atom stereocenters. The zero-order valence-corrected chi connectivity index (χ0v) is 14.6. The minimum atomic E-state index is 0.0116. The Balaban J connectivity index is 2.50. The van der Waals surface area contributed by atoms with E-state index in [1.54, 1.807) is 13.4 Å². The van der Waals surface area contributed by atoms with E-state index < -0.39 is 0 Å². The summed E-state index contributed by atoms with van der Waals surface area (Å²) in [5, 5.41) is 0. The number of halogens is 3. The third-order valence-corrected chi connectivity index (χ3v) is 5.19. The lowest BCUT2D eigenvalue weighted by Crippen LogP contribution is -1.98. The second kappa shape index (κ2) is 5.80. The molecule has 1 aromatic heterocycles. The van der Waals surface area contributed by atoms with Crippen molar-refractivity contribution in [3.63, 3.8) is 0 Å². The molecule has 0 fully saturated rings. The minimum absolute atomic E-state index is 0.0116. The van der Waals surface area contributed by atoms with Gasteiger partial charge in [0.1, 0.15) is 5.75 Å². The van der Waals surface area contributed by atoms with Crippen LogP contribution < -0.4 is 4.74 Å². The highest BCUT2D eigenvalue weighted by Gasteiger charge is 2.20. The molecular formula is C13H11Br3O2. The van der Waals surface area contributed by atoms with Crippen LogP contribution in [0.3, 0.4) is 0 Å². The van der Waals surface area contributed by atoms with E-state index in [0.29, 0.717) is 0 Å². The average molecular weight is 439 g/mol. The summed E-state index contributed by atoms with van der Waals surface area (Å²) in [4.78, 5) is 0.0116. The second-order valence-corrected chi connectivity index (χ2v) is 6.35. The van der Waals surface area contributed by atoms with Gasteiger partial charge < -0.3 is 9.15 Å². The quantitative estimate of drug-likeness (QED) is 0.581. The lowest BCUT2D eigenvalue weighted by atomic mass is 10.0. The van der Waals surface area contributed by atoms with Crippen molar-refractivity contribution >= 4 is 47.8 Å². The Hall–Kier alpha value is -0.260. The molecule has 96 valence electrons. The van der Waals surface area contributed by atoms with Gasteiger partial charge in [0.05, 0.1) is 18.2 Å². The monoisotopic (exact) mass is 436 g/mol. The Morgan fingerprint density at radius 3 is 2.50 bits per heavy atom. The van der Waals surface area contributed by atoms with Crippen LogP contribution in [0.25, 0.3) is 0 Å². The highest BCUT2D eigenvalue weighted by Crippen LogP contribution is 2.41. The molecule has 0 saturated carbocycles. The normalized spacial score (nSPS) is 12.5. The molecule has 18 heavy (non-hydrogen) atoms. The van der Waals surface area contributed by atoms with E-state index in [4.69, 9.17) is 9.15 Å². The van der Waals surface area contributed by atoms with Crippen LogP contribution in [0.1, 0.15) is 21.5 Å². The number of furan rings is 1. The van der Waals surface area contributed by atoms with E-state index in [1.165, 1.54) is 0 Å². The molecule has 2 nitrogen and oxygen atoms in total. The van der Waals surface area contributed by atoms with Gasteiger partial charge in [0.15, 0.2) is 4.67 Å². The zero-order valence-electron chi connectivity index (χ0n) is 9.84. The molecule has 0 amide bonds. The molecule has 0 N–H and O–H groups in total. The van der Waals surface area contributed by atoms with Gasteiger partial charge in [-0.1, -0.05) is 31.9 Å². The standard InChI is InChI=1S/C13H11Br3O2/c1-7-5-11(17-2)9(6-10(7)14)12(15)8-3-4-18-13(8)16/h3-6,12H,1-2H3. The summed E-state index contributed by atoms with van der Waals surface area (Å²) in [6.45, 7) is 2.04. The lowest BCUT2D eigenvalue weighted by Gasteiger charge is -2.15. The number of ether oxygens (including phenoxy) is 1. The molecule has 0 aliphatic heterocycles. The van der Waals surface area contributed by atoms with E-state index in [0.717, 1.165) is 31.6 Å². The van der Waals surface area contributed by atoms with Gasteiger partial charge in [-0.2, -0.15) is 0 Å². The first kappa shape index (κ1) is 14.2. The molecule has 0 spiro atoms. The number of methoxy groups -OCH3 is 1. The van der Waals surface area contributed by atoms with Crippen LogP contribution in [0.2, 0.25) is 0 Å². The molecule has 1 unspecified atom stereocenters. The van der Waals surface area contributed by atoms with Crippen molar-refractivity contribution in [1.29, 1.82) is 0 Å². The molecule has 0 aliphatic rings. The van der Waals surface area contributed by atoms with Gasteiger partial charge in [0.2, 0.25) is 0 Å². The maximum atomic E-state index is 5.44. The number of rotatable bonds is 3. The van der Waals surface area contributed by atoms with Gasteiger partial charge >= 0.3 is 0 Å². The fraction of sp³-hybridized carbons (Fsp3) is 0.231. The van der Waals surface area contributed by atoms with Gasteiger partial charge in [-0.05, 0) is 46.6 Å². The second-order valence-electron chi connectivity index (χ2n) is 3.86. The summed E-state index contributed by atoms with van der Waals surface area (Å²) in [6, 6.07) is 6.01. The molecule has 2 rings (SSSR count). The van der Waals surface area contributed by atoms with E-state index in [1.807, 2.05) is 19.1 Å². The van der Waals surface area contributed by atoms with E-state index >= 15 is 0 Å². The Labute approximate surface area is 131 Å². The number of hydrogen-bond acceptors (Lipinski definition) is 2. The van der Waals surface area contributed by atoms with Crippen LogP contribution in [-0.2, 0) is 0 Å². The van der Waals surface area contributed by atoms with Crippen molar-refractivity contribution in [2.45, 2.75) is 11.8 Å². The fourth-order valence-corrected chi connectivity index (χ4v) is 3.55. The number of hydrogen-bond donors (Lipinski definition) is 0. The summed E-state index contributed by atoms with van der Waals surface area (Å²) in [5.41, 5.74) is 3.22. The van der Waals surface area contributed by atoms with Crippen molar-refractivity contribution in [2.75, 3.05) is 7.11 Å². The topological polar surface area (TPSA) is 22.4 Å². The third kappa shape index (κ3) is 2.68. The molecular weight excluding hydrogens is 428 g/mol. The Morgan fingerprint density at radius 2 is 1.94 bits per heavy atom. The Bertz CT molecular complexity index is 563. The molecule has 0 aliphatic carbocycles. The van der Waals surface area contributed by atoms with E-state index in [-0.39, 0.29) is 4.83 Å². The predicted molar refractivity (Wildman–Crippen MR) is 82.6 cm³/mol. The van der Waals surface area contributed by atoms with Crippen molar-refractivity contribution in [1.82, 2.24) is 0 Å². The maximum Gasteiger partial charge on any atom is 0.173 e. The molecule has 0 bridgehead atoms. The minimum Gasteiger partial charge on any atom is -0.496 e. The van der Waals surface area contributed by atoms with Crippen molar-refractivity contribution in [3.05, 3.63) is 50.3 Å². The SMILES string of the molecule is COc1cc(C)c(Br)cc1C(Br)c1ccoc1Br. The maximum absolute atomic E-state index is 5.44. The molecule has 1 heterocycles. The highest BCUT2D eigenvalue weighted by molar-refractivity contribution is 9.11. The van der Waals surface area contributed by atoms with Crippen molar-refractivity contribution in [2.24, 2.45) is 0 Å². The van der Waals surface area contributed by atoms with Crippen LogP contribution in [0.5, 0.6) is 5.75 Å². The molecule has 0 radical (unpaired) electrons. The van der Waals surface area contributed by atoms with Gasteiger partial charge in [-0.3, -0.25) is 0 Å². The van der Waals surface area contributed by atoms with Gasteiger partial charge in [-0.25, -0.2) is 0 Å². The summed E-state index contributed by atoms with van der Waals surface area (Å²) in [6.07, 6.45) is 1.66. The fourth-order valence-electron chi connectivity index (χ4n) is 1.70. The van der Waals surface area contributed by atoms with E-state index in [9.17, 15) is 0 Å². The first-order chi connectivity index (χ1) is 8.54. The molecule has 2 aromatic rings. The van der Waals surface area contributed by atoms with Crippen LogP contribution in [0, 0.1) is 6.92 Å². The van der Waals surface area contributed by atoms with Gasteiger partial charge in [-0.15, -0.1) is 0 Å². The van der Waals surface area contributed by atoms with Crippen LogP contribution in [0.4, 0.5) is 0 Å².